The van der Waals surface area contributed by atoms with Crippen LogP contribution in [0.4, 0.5) is 4.39 Å². The molecule has 0 bridgehead atoms. The molecule has 2 rings (SSSR count). The lowest BCUT2D eigenvalue weighted by Gasteiger charge is -2.21. The van der Waals surface area contributed by atoms with Gasteiger partial charge in [0, 0.05) is 23.7 Å². The number of carbonyl (C=O) groups is 1. The van der Waals surface area contributed by atoms with E-state index >= 15 is 0 Å². The maximum absolute atomic E-state index is 13.4. The average molecular weight is 271 g/mol. The van der Waals surface area contributed by atoms with Gasteiger partial charge in [0.05, 0.1) is 5.92 Å². The molecule has 1 unspecified atom stereocenters. The number of carbonyl (C=O) groups excluding carboxylic acids is 1. The summed E-state index contributed by atoms with van der Waals surface area (Å²) in [6.07, 6.45) is 1.89. The van der Waals surface area contributed by atoms with E-state index in [9.17, 15) is 9.18 Å². The summed E-state index contributed by atoms with van der Waals surface area (Å²) in [7, 11) is 0. The van der Waals surface area contributed by atoms with Crippen LogP contribution >= 0.6 is 11.6 Å². The Kier molecular flexibility index (Phi) is 4.55. The lowest BCUT2D eigenvalue weighted by molar-refractivity contribution is -0.125. The van der Waals surface area contributed by atoms with E-state index in [2.05, 4.69) is 10.6 Å². The van der Waals surface area contributed by atoms with Crippen molar-refractivity contribution in [2.24, 2.45) is 5.92 Å². The van der Waals surface area contributed by atoms with Crippen molar-refractivity contribution in [2.45, 2.75) is 19.4 Å². The molecule has 2 N–H and O–H groups in total. The Morgan fingerprint density at radius 3 is 3.11 bits per heavy atom. The SMILES string of the molecule is O=C(NCc1cc(Cl)ccc1F)C1CCCNC1. The molecule has 18 heavy (non-hydrogen) atoms. The first-order chi connectivity index (χ1) is 8.66. The van der Waals surface area contributed by atoms with Crippen LogP contribution in [0.1, 0.15) is 18.4 Å². The van der Waals surface area contributed by atoms with Gasteiger partial charge in [0.1, 0.15) is 5.82 Å². The van der Waals surface area contributed by atoms with Gasteiger partial charge in [-0.1, -0.05) is 11.6 Å². The van der Waals surface area contributed by atoms with Crippen molar-refractivity contribution in [1.29, 1.82) is 0 Å². The third kappa shape index (κ3) is 3.43. The monoisotopic (exact) mass is 270 g/mol. The topological polar surface area (TPSA) is 41.1 Å². The van der Waals surface area contributed by atoms with Crippen LogP contribution in [0.5, 0.6) is 0 Å². The molecule has 98 valence electrons. The summed E-state index contributed by atoms with van der Waals surface area (Å²) in [4.78, 5) is 11.9. The number of piperidine rings is 1. The molecule has 0 aromatic heterocycles. The van der Waals surface area contributed by atoms with Crippen LogP contribution in [-0.2, 0) is 11.3 Å². The highest BCUT2D eigenvalue weighted by Crippen LogP contribution is 2.15. The minimum Gasteiger partial charge on any atom is -0.352 e. The fourth-order valence-electron chi connectivity index (χ4n) is 2.08. The zero-order valence-electron chi connectivity index (χ0n) is 10.0. The van der Waals surface area contributed by atoms with Crippen LogP contribution in [0, 0.1) is 11.7 Å². The van der Waals surface area contributed by atoms with Crippen LogP contribution in [0.3, 0.4) is 0 Å². The first-order valence-electron chi connectivity index (χ1n) is 6.09. The fourth-order valence-corrected chi connectivity index (χ4v) is 2.28. The van der Waals surface area contributed by atoms with Gasteiger partial charge in [-0.25, -0.2) is 4.39 Å². The Balaban J connectivity index is 1.90. The van der Waals surface area contributed by atoms with Crippen LogP contribution in [0.15, 0.2) is 18.2 Å². The molecular weight excluding hydrogens is 255 g/mol. The maximum atomic E-state index is 13.4. The van der Waals surface area contributed by atoms with Crippen molar-refractivity contribution < 1.29 is 9.18 Å². The maximum Gasteiger partial charge on any atom is 0.224 e. The van der Waals surface area contributed by atoms with Gasteiger partial charge < -0.3 is 10.6 Å². The van der Waals surface area contributed by atoms with Crippen molar-refractivity contribution in [1.82, 2.24) is 10.6 Å². The standard InChI is InChI=1S/C13H16ClFN2O/c14-11-3-4-12(15)10(6-11)8-17-13(18)9-2-1-5-16-7-9/h3-4,6,9,16H,1-2,5,7-8H2,(H,17,18). The summed E-state index contributed by atoms with van der Waals surface area (Å²) in [6.45, 7) is 1.85. The Morgan fingerprint density at radius 1 is 1.56 bits per heavy atom. The molecule has 1 aromatic carbocycles. The van der Waals surface area contributed by atoms with Gasteiger partial charge in [0.15, 0.2) is 0 Å². The number of nitrogens with one attached hydrogen (secondary N) is 2. The summed E-state index contributed by atoms with van der Waals surface area (Å²) in [6, 6.07) is 4.34. The molecule has 1 heterocycles. The molecule has 1 amide bonds. The number of hydrogen-bond acceptors (Lipinski definition) is 2. The van der Waals surface area contributed by atoms with Crippen molar-refractivity contribution in [3.8, 4) is 0 Å². The van der Waals surface area contributed by atoms with Gasteiger partial charge in [-0.05, 0) is 37.6 Å². The van der Waals surface area contributed by atoms with Crippen molar-refractivity contribution >= 4 is 17.5 Å². The van der Waals surface area contributed by atoms with E-state index in [0.717, 1.165) is 19.4 Å². The van der Waals surface area contributed by atoms with Crippen LogP contribution in [-0.4, -0.2) is 19.0 Å². The number of amides is 1. The predicted octanol–water partition coefficient (Wildman–Crippen LogP) is 2.09. The third-order valence-electron chi connectivity index (χ3n) is 3.13. The van der Waals surface area contributed by atoms with E-state index in [1.807, 2.05) is 0 Å². The van der Waals surface area contributed by atoms with E-state index < -0.39 is 0 Å². The van der Waals surface area contributed by atoms with Crippen LogP contribution < -0.4 is 10.6 Å². The number of benzene rings is 1. The minimum atomic E-state index is -0.346. The molecule has 0 spiro atoms. The molecule has 1 aliphatic heterocycles. The molecule has 5 heteroatoms. The molecular formula is C13H16ClFN2O. The molecule has 0 radical (unpaired) electrons. The zero-order chi connectivity index (χ0) is 13.0. The summed E-state index contributed by atoms with van der Waals surface area (Å²) in [5.74, 6) is -0.385. The average Bonchev–Trinajstić information content (AvgIpc) is 2.40. The summed E-state index contributed by atoms with van der Waals surface area (Å²) < 4.78 is 13.4. The Hall–Kier alpha value is -1.13. The van der Waals surface area contributed by atoms with Crippen LogP contribution in [0.2, 0.25) is 5.02 Å². The second kappa shape index (κ2) is 6.16. The van der Waals surface area contributed by atoms with E-state index in [1.54, 1.807) is 0 Å². The highest BCUT2D eigenvalue weighted by Gasteiger charge is 2.20. The van der Waals surface area contributed by atoms with Crippen molar-refractivity contribution in [3.63, 3.8) is 0 Å². The first-order valence-corrected chi connectivity index (χ1v) is 6.47. The van der Waals surface area contributed by atoms with Gasteiger partial charge in [-0.2, -0.15) is 0 Å². The second-order valence-corrected chi connectivity index (χ2v) is 4.93. The van der Waals surface area contributed by atoms with E-state index in [-0.39, 0.29) is 24.2 Å². The number of hydrogen-bond donors (Lipinski definition) is 2. The molecule has 1 atom stereocenters. The second-order valence-electron chi connectivity index (χ2n) is 4.50. The van der Waals surface area contributed by atoms with Gasteiger partial charge in [-0.15, -0.1) is 0 Å². The van der Waals surface area contributed by atoms with Gasteiger partial charge in [-0.3, -0.25) is 4.79 Å². The fraction of sp³-hybridized carbons (Fsp3) is 0.462. The third-order valence-corrected chi connectivity index (χ3v) is 3.36. The summed E-state index contributed by atoms with van der Waals surface area (Å²) in [5, 5.41) is 6.41. The van der Waals surface area contributed by atoms with Gasteiger partial charge in [0.25, 0.3) is 0 Å². The number of rotatable bonds is 3. The Labute approximate surface area is 111 Å². The van der Waals surface area contributed by atoms with Crippen molar-refractivity contribution in [3.05, 3.63) is 34.6 Å². The highest BCUT2D eigenvalue weighted by atomic mass is 35.5. The smallest absolute Gasteiger partial charge is 0.224 e. The largest absolute Gasteiger partial charge is 0.352 e. The molecule has 3 nitrogen and oxygen atoms in total. The molecule has 1 aliphatic rings. The normalized spacial score (nSPS) is 19.6. The molecule has 1 aromatic rings. The first kappa shape index (κ1) is 13.3. The van der Waals surface area contributed by atoms with E-state index in [0.29, 0.717) is 17.1 Å². The summed E-state index contributed by atoms with van der Waals surface area (Å²) in [5.41, 5.74) is 0.416. The Morgan fingerprint density at radius 2 is 2.39 bits per heavy atom. The molecule has 1 fully saturated rings. The van der Waals surface area contributed by atoms with Gasteiger partial charge in [0.2, 0.25) is 5.91 Å². The molecule has 0 aliphatic carbocycles. The Bertz CT molecular complexity index is 433. The molecule has 0 saturated carbocycles. The van der Waals surface area contributed by atoms with E-state index in [1.165, 1.54) is 18.2 Å². The summed E-state index contributed by atoms with van der Waals surface area (Å²) >= 11 is 5.79. The van der Waals surface area contributed by atoms with Gasteiger partial charge >= 0.3 is 0 Å². The zero-order valence-corrected chi connectivity index (χ0v) is 10.8. The molecule has 1 saturated heterocycles. The lowest BCUT2D eigenvalue weighted by atomic mass is 9.99. The highest BCUT2D eigenvalue weighted by molar-refractivity contribution is 6.30. The van der Waals surface area contributed by atoms with Crippen molar-refractivity contribution in [2.75, 3.05) is 13.1 Å². The van der Waals surface area contributed by atoms with Crippen LogP contribution in [0.25, 0.3) is 0 Å². The minimum absolute atomic E-state index is 0.0130. The predicted molar refractivity (Wildman–Crippen MR) is 68.9 cm³/mol. The number of halogens is 2. The van der Waals surface area contributed by atoms with E-state index in [4.69, 9.17) is 11.6 Å². The quantitative estimate of drug-likeness (QED) is 0.883. The lowest BCUT2D eigenvalue weighted by Crippen LogP contribution is -2.40.